The first-order chi connectivity index (χ1) is 7.49. The van der Waals surface area contributed by atoms with Crippen LogP contribution in [0.4, 0.5) is 0 Å². The molecule has 0 aromatic carbocycles. The van der Waals surface area contributed by atoms with Crippen LogP contribution in [0.2, 0.25) is 0 Å². The number of furan rings is 1. The number of thioether (sulfide) groups is 1. The first kappa shape index (κ1) is 13.7. The van der Waals surface area contributed by atoms with Crippen LogP contribution in [0.3, 0.4) is 0 Å². The highest BCUT2D eigenvalue weighted by atomic mass is 32.2. The topological polar surface area (TPSA) is 25.2 Å². The van der Waals surface area contributed by atoms with Crippen molar-refractivity contribution in [2.75, 3.05) is 12.3 Å². The largest absolute Gasteiger partial charge is 0.468 e. The Morgan fingerprint density at radius 2 is 2.06 bits per heavy atom. The van der Waals surface area contributed by atoms with Gasteiger partial charge in [0.05, 0.1) is 6.26 Å². The summed E-state index contributed by atoms with van der Waals surface area (Å²) in [6, 6.07) is 2.05. The Hall–Kier alpha value is -0.410. The molecule has 0 aliphatic rings. The molecule has 0 saturated carbocycles. The van der Waals surface area contributed by atoms with Gasteiger partial charge in [-0.1, -0.05) is 0 Å². The summed E-state index contributed by atoms with van der Waals surface area (Å²) in [4.78, 5) is 1.28. The summed E-state index contributed by atoms with van der Waals surface area (Å²) in [6.45, 7) is 9.74. The molecule has 0 saturated heterocycles. The summed E-state index contributed by atoms with van der Waals surface area (Å²) in [5.74, 6) is 2.21. The van der Waals surface area contributed by atoms with Crippen LogP contribution in [0.5, 0.6) is 0 Å². The SMILES string of the molecule is Cc1occc1SCCCCNC(C)(C)C. The molecule has 0 aliphatic heterocycles. The molecule has 1 aromatic heterocycles. The molecule has 0 unspecified atom stereocenters. The standard InChI is InChI=1S/C13H23NOS/c1-11-12(7-9-15-11)16-10-6-5-8-14-13(2,3)4/h7,9,14H,5-6,8,10H2,1-4H3. The van der Waals surface area contributed by atoms with E-state index in [2.05, 4.69) is 26.1 Å². The summed E-state index contributed by atoms with van der Waals surface area (Å²) in [6.07, 6.45) is 4.25. The number of hydrogen-bond donors (Lipinski definition) is 1. The summed E-state index contributed by atoms with van der Waals surface area (Å²) in [7, 11) is 0. The molecule has 0 atom stereocenters. The number of nitrogens with one attached hydrogen (secondary N) is 1. The van der Waals surface area contributed by atoms with Gasteiger partial charge in [-0.15, -0.1) is 11.8 Å². The van der Waals surface area contributed by atoms with Gasteiger partial charge in [-0.25, -0.2) is 0 Å². The Labute approximate surface area is 103 Å². The van der Waals surface area contributed by atoms with E-state index in [1.807, 2.05) is 24.8 Å². The fourth-order valence-corrected chi connectivity index (χ4v) is 2.37. The van der Waals surface area contributed by atoms with Crippen LogP contribution in [0.1, 0.15) is 39.4 Å². The zero-order valence-electron chi connectivity index (χ0n) is 10.8. The Bertz CT molecular complexity index is 301. The Morgan fingerprint density at radius 3 is 2.62 bits per heavy atom. The second-order valence-electron chi connectivity index (χ2n) is 5.07. The number of aryl methyl sites for hydroxylation is 1. The number of unbranched alkanes of at least 4 members (excludes halogenated alkanes) is 1. The van der Waals surface area contributed by atoms with Gasteiger partial charge in [0, 0.05) is 10.4 Å². The summed E-state index contributed by atoms with van der Waals surface area (Å²) >= 11 is 1.89. The molecule has 2 nitrogen and oxygen atoms in total. The lowest BCUT2D eigenvalue weighted by atomic mass is 10.1. The maximum absolute atomic E-state index is 5.25. The van der Waals surface area contributed by atoms with Gasteiger partial charge in [0.1, 0.15) is 5.76 Å². The summed E-state index contributed by atoms with van der Waals surface area (Å²) in [5.41, 5.74) is 0.244. The Kier molecular flexibility index (Phi) is 5.42. The van der Waals surface area contributed by atoms with Crippen molar-refractivity contribution < 1.29 is 4.42 Å². The minimum absolute atomic E-state index is 0.244. The third kappa shape index (κ3) is 5.61. The quantitative estimate of drug-likeness (QED) is 0.605. The fourth-order valence-electron chi connectivity index (χ4n) is 1.40. The van der Waals surface area contributed by atoms with E-state index in [0.29, 0.717) is 0 Å². The first-order valence-corrected chi connectivity index (χ1v) is 6.89. The van der Waals surface area contributed by atoms with Crippen molar-refractivity contribution in [3.63, 3.8) is 0 Å². The average molecular weight is 241 g/mol. The van der Waals surface area contributed by atoms with Gasteiger partial charge >= 0.3 is 0 Å². The lowest BCUT2D eigenvalue weighted by Crippen LogP contribution is -2.36. The van der Waals surface area contributed by atoms with E-state index in [-0.39, 0.29) is 5.54 Å². The highest BCUT2D eigenvalue weighted by molar-refractivity contribution is 7.99. The molecule has 0 amide bonds. The van der Waals surface area contributed by atoms with Gasteiger partial charge in [0.25, 0.3) is 0 Å². The van der Waals surface area contributed by atoms with Gasteiger partial charge in [-0.3, -0.25) is 0 Å². The van der Waals surface area contributed by atoms with E-state index in [9.17, 15) is 0 Å². The second kappa shape index (κ2) is 6.36. The second-order valence-corrected chi connectivity index (χ2v) is 6.21. The number of rotatable bonds is 6. The van der Waals surface area contributed by atoms with Crippen LogP contribution < -0.4 is 5.32 Å². The van der Waals surface area contributed by atoms with Gasteiger partial charge < -0.3 is 9.73 Å². The van der Waals surface area contributed by atoms with Crippen molar-refractivity contribution in [3.8, 4) is 0 Å². The van der Waals surface area contributed by atoms with Crippen LogP contribution in [0.15, 0.2) is 21.6 Å². The first-order valence-electron chi connectivity index (χ1n) is 5.91. The monoisotopic (exact) mass is 241 g/mol. The predicted octanol–water partition coefficient (Wildman–Crippen LogP) is 3.85. The van der Waals surface area contributed by atoms with Gasteiger partial charge in [-0.05, 0) is 58.9 Å². The minimum Gasteiger partial charge on any atom is -0.468 e. The molecule has 1 aromatic rings. The zero-order valence-corrected chi connectivity index (χ0v) is 11.6. The third-order valence-corrected chi connectivity index (χ3v) is 3.52. The maximum atomic E-state index is 5.25. The third-order valence-electron chi connectivity index (χ3n) is 2.30. The molecule has 3 heteroatoms. The van der Waals surface area contributed by atoms with Crippen LogP contribution >= 0.6 is 11.8 Å². The van der Waals surface area contributed by atoms with Crippen molar-refractivity contribution in [1.82, 2.24) is 5.32 Å². The Morgan fingerprint density at radius 1 is 1.31 bits per heavy atom. The van der Waals surface area contributed by atoms with Crippen molar-refractivity contribution >= 4 is 11.8 Å². The van der Waals surface area contributed by atoms with Crippen LogP contribution in [-0.4, -0.2) is 17.8 Å². The van der Waals surface area contributed by atoms with Gasteiger partial charge in [0.2, 0.25) is 0 Å². The lowest BCUT2D eigenvalue weighted by Gasteiger charge is -2.20. The maximum Gasteiger partial charge on any atom is 0.114 e. The molecule has 16 heavy (non-hydrogen) atoms. The van der Waals surface area contributed by atoms with Gasteiger partial charge in [0.15, 0.2) is 0 Å². The van der Waals surface area contributed by atoms with Crippen molar-refractivity contribution in [2.45, 2.75) is 51.0 Å². The molecular weight excluding hydrogens is 218 g/mol. The lowest BCUT2D eigenvalue weighted by molar-refractivity contribution is 0.421. The molecule has 1 N–H and O–H groups in total. The number of hydrogen-bond acceptors (Lipinski definition) is 3. The van der Waals surface area contributed by atoms with E-state index in [0.717, 1.165) is 12.3 Å². The van der Waals surface area contributed by atoms with E-state index < -0.39 is 0 Å². The van der Waals surface area contributed by atoms with E-state index in [4.69, 9.17) is 4.42 Å². The smallest absolute Gasteiger partial charge is 0.114 e. The molecular formula is C13H23NOS. The van der Waals surface area contributed by atoms with Crippen molar-refractivity contribution in [3.05, 3.63) is 18.1 Å². The normalized spacial score (nSPS) is 12.0. The average Bonchev–Trinajstić information content (AvgIpc) is 2.56. The molecule has 0 spiro atoms. The molecule has 0 fully saturated rings. The summed E-state index contributed by atoms with van der Waals surface area (Å²) < 4.78 is 5.25. The molecule has 1 heterocycles. The molecule has 0 aliphatic carbocycles. The summed E-state index contributed by atoms with van der Waals surface area (Å²) in [5, 5.41) is 3.50. The van der Waals surface area contributed by atoms with Crippen molar-refractivity contribution in [1.29, 1.82) is 0 Å². The van der Waals surface area contributed by atoms with Crippen LogP contribution in [0, 0.1) is 6.92 Å². The molecule has 92 valence electrons. The Balaban J connectivity index is 2.03. The van der Waals surface area contributed by atoms with Gasteiger partial charge in [-0.2, -0.15) is 0 Å². The van der Waals surface area contributed by atoms with Crippen LogP contribution in [0.25, 0.3) is 0 Å². The molecule has 1 rings (SSSR count). The highest BCUT2D eigenvalue weighted by Crippen LogP contribution is 2.23. The van der Waals surface area contributed by atoms with Crippen molar-refractivity contribution in [2.24, 2.45) is 0 Å². The van der Waals surface area contributed by atoms with E-state index in [1.165, 1.54) is 23.5 Å². The fraction of sp³-hybridized carbons (Fsp3) is 0.692. The minimum atomic E-state index is 0.244. The van der Waals surface area contributed by atoms with E-state index in [1.54, 1.807) is 6.26 Å². The molecule has 0 bridgehead atoms. The molecule has 0 radical (unpaired) electrons. The highest BCUT2D eigenvalue weighted by Gasteiger charge is 2.07. The zero-order chi connectivity index (χ0) is 12.0. The predicted molar refractivity (Wildman–Crippen MR) is 71.2 cm³/mol. The van der Waals surface area contributed by atoms with E-state index >= 15 is 0 Å². The van der Waals surface area contributed by atoms with Crippen LogP contribution in [-0.2, 0) is 0 Å².